The van der Waals surface area contributed by atoms with Crippen molar-refractivity contribution in [2.24, 2.45) is 17.8 Å². The van der Waals surface area contributed by atoms with Crippen molar-refractivity contribution in [1.82, 2.24) is 0 Å². The zero-order valence-corrected chi connectivity index (χ0v) is 19.3. The summed E-state index contributed by atoms with van der Waals surface area (Å²) in [6, 6.07) is 3.08. The third-order valence-corrected chi connectivity index (χ3v) is 7.43. The second kappa shape index (κ2) is 12.7. The summed E-state index contributed by atoms with van der Waals surface area (Å²) in [5.74, 6) is 1.20. The SMILES string of the molecule is CCCC1CCC(C2CCC(c3cc(F)c(F)c(OCCOCCOC)c3)CC2)CC1. The lowest BCUT2D eigenvalue weighted by atomic mass is 9.68. The van der Waals surface area contributed by atoms with Crippen LogP contribution in [-0.2, 0) is 9.47 Å². The molecule has 0 radical (unpaired) electrons. The van der Waals surface area contributed by atoms with Crippen molar-refractivity contribution in [2.45, 2.75) is 77.0 Å². The molecule has 0 heterocycles. The van der Waals surface area contributed by atoms with Crippen LogP contribution in [0.5, 0.6) is 5.75 Å². The molecule has 0 saturated heterocycles. The number of hydrogen-bond acceptors (Lipinski definition) is 3. The van der Waals surface area contributed by atoms with Crippen LogP contribution < -0.4 is 4.74 Å². The molecule has 0 atom stereocenters. The molecule has 1 aromatic rings. The highest BCUT2D eigenvalue weighted by atomic mass is 19.2. The molecule has 0 aliphatic heterocycles. The van der Waals surface area contributed by atoms with Crippen molar-refractivity contribution in [1.29, 1.82) is 0 Å². The van der Waals surface area contributed by atoms with E-state index < -0.39 is 11.6 Å². The number of rotatable bonds is 11. The van der Waals surface area contributed by atoms with Gasteiger partial charge in [0.15, 0.2) is 11.6 Å². The molecule has 0 amide bonds. The number of halogens is 2. The molecule has 2 fully saturated rings. The minimum atomic E-state index is -0.904. The van der Waals surface area contributed by atoms with Gasteiger partial charge in [-0.15, -0.1) is 0 Å². The Labute approximate surface area is 186 Å². The van der Waals surface area contributed by atoms with E-state index in [1.54, 1.807) is 13.2 Å². The number of benzene rings is 1. The van der Waals surface area contributed by atoms with Crippen LogP contribution in [0.15, 0.2) is 12.1 Å². The van der Waals surface area contributed by atoms with Crippen molar-refractivity contribution in [2.75, 3.05) is 33.5 Å². The van der Waals surface area contributed by atoms with Gasteiger partial charge in [-0.05, 0) is 79.9 Å². The standard InChI is InChI=1S/C26H40F2O3/c1-3-4-19-5-7-20(8-6-19)21-9-11-22(12-10-21)23-17-24(27)26(28)25(18-23)31-16-15-30-14-13-29-2/h17-22H,3-16H2,1-2H3. The minimum Gasteiger partial charge on any atom is -0.488 e. The first-order chi connectivity index (χ1) is 15.1. The van der Waals surface area contributed by atoms with Gasteiger partial charge in [0, 0.05) is 7.11 Å². The first kappa shape index (κ1) is 24.4. The van der Waals surface area contributed by atoms with E-state index in [2.05, 4.69) is 6.92 Å². The molecular weight excluding hydrogens is 398 g/mol. The maximum atomic E-state index is 14.2. The van der Waals surface area contributed by atoms with Crippen LogP contribution in [0.3, 0.4) is 0 Å². The van der Waals surface area contributed by atoms with Gasteiger partial charge in [-0.25, -0.2) is 4.39 Å². The topological polar surface area (TPSA) is 27.7 Å². The number of methoxy groups -OCH3 is 1. The summed E-state index contributed by atoms with van der Waals surface area (Å²) in [4.78, 5) is 0. The van der Waals surface area contributed by atoms with Gasteiger partial charge in [0.1, 0.15) is 6.61 Å². The Morgan fingerprint density at radius 3 is 2.13 bits per heavy atom. The Morgan fingerprint density at radius 2 is 1.48 bits per heavy atom. The molecule has 31 heavy (non-hydrogen) atoms. The van der Waals surface area contributed by atoms with Crippen molar-refractivity contribution >= 4 is 0 Å². The maximum Gasteiger partial charge on any atom is 0.200 e. The monoisotopic (exact) mass is 438 g/mol. The second-order valence-electron chi connectivity index (χ2n) is 9.45. The highest BCUT2D eigenvalue weighted by molar-refractivity contribution is 5.34. The van der Waals surface area contributed by atoms with Crippen LogP contribution in [0, 0.1) is 29.4 Å². The molecule has 3 nitrogen and oxygen atoms in total. The van der Waals surface area contributed by atoms with Gasteiger partial charge in [0.25, 0.3) is 0 Å². The summed E-state index contributed by atoms with van der Waals surface area (Å²) in [6.45, 7) is 3.76. The maximum absolute atomic E-state index is 14.2. The van der Waals surface area contributed by atoms with Crippen molar-refractivity contribution < 1.29 is 23.0 Å². The van der Waals surface area contributed by atoms with Crippen molar-refractivity contribution in [3.63, 3.8) is 0 Å². The molecule has 1 aromatic carbocycles. The normalized spacial score (nSPS) is 26.7. The summed E-state index contributed by atoms with van der Waals surface area (Å²) in [5, 5.41) is 0. The predicted molar refractivity (Wildman–Crippen MR) is 120 cm³/mol. The van der Waals surface area contributed by atoms with Gasteiger partial charge in [-0.3, -0.25) is 0 Å². The fourth-order valence-corrected chi connectivity index (χ4v) is 5.66. The molecule has 0 bridgehead atoms. The van der Waals surface area contributed by atoms with Gasteiger partial charge < -0.3 is 14.2 Å². The predicted octanol–water partition coefficient (Wildman–Crippen LogP) is 6.89. The van der Waals surface area contributed by atoms with E-state index in [9.17, 15) is 8.78 Å². The van der Waals surface area contributed by atoms with Crippen LogP contribution in [0.1, 0.15) is 82.6 Å². The van der Waals surface area contributed by atoms with Gasteiger partial charge in [-0.2, -0.15) is 4.39 Å². The molecule has 0 N–H and O–H groups in total. The van der Waals surface area contributed by atoms with E-state index in [-0.39, 0.29) is 12.4 Å². The van der Waals surface area contributed by atoms with E-state index in [4.69, 9.17) is 14.2 Å². The largest absolute Gasteiger partial charge is 0.488 e. The fourth-order valence-electron chi connectivity index (χ4n) is 5.66. The highest BCUT2D eigenvalue weighted by Crippen LogP contribution is 2.45. The van der Waals surface area contributed by atoms with Crippen LogP contribution in [0.2, 0.25) is 0 Å². The Hall–Kier alpha value is -1.20. The zero-order valence-electron chi connectivity index (χ0n) is 19.3. The molecule has 176 valence electrons. The molecule has 2 aliphatic rings. The Bertz CT molecular complexity index is 650. The average Bonchev–Trinajstić information content (AvgIpc) is 2.79. The van der Waals surface area contributed by atoms with E-state index in [1.807, 2.05) is 0 Å². The fraction of sp³-hybridized carbons (Fsp3) is 0.769. The summed E-state index contributed by atoms with van der Waals surface area (Å²) < 4.78 is 44.2. The summed E-state index contributed by atoms with van der Waals surface area (Å²) in [7, 11) is 1.61. The van der Waals surface area contributed by atoms with E-state index in [1.165, 1.54) is 57.4 Å². The van der Waals surface area contributed by atoms with Gasteiger partial charge in [0.05, 0.1) is 19.8 Å². The lowest BCUT2D eigenvalue weighted by molar-refractivity contribution is 0.0536. The Kier molecular flexibility index (Phi) is 10.0. The quantitative estimate of drug-likeness (QED) is 0.352. The van der Waals surface area contributed by atoms with E-state index >= 15 is 0 Å². The molecule has 2 aliphatic carbocycles. The summed E-state index contributed by atoms with van der Waals surface area (Å²) in [6.07, 6.45) is 12.8. The molecule has 5 heteroatoms. The molecule has 0 aromatic heterocycles. The van der Waals surface area contributed by atoms with E-state index in [0.717, 1.165) is 36.2 Å². The summed E-state index contributed by atoms with van der Waals surface area (Å²) >= 11 is 0. The smallest absolute Gasteiger partial charge is 0.200 e. The van der Waals surface area contributed by atoms with Gasteiger partial charge in [-0.1, -0.05) is 32.6 Å². The third kappa shape index (κ3) is 7.15. The van der Waals surface area contributed by atoms with Gasteiger partial charge in [0.2, 0.25) is 5.82 Å². The highest BCUT2D eigenvalue weighted by Gasteiger charge is 2.31. The Balaban J connectivity index is 1.49. The lowest BCUT2D eigenvalue weighted by Gasteiger charge is -2.38. The van der Waals surface area contributed by atoms with Gasteiger partial charge >= 0.3 is 0 Å². The molecule has 0 spiro atoms. The van der Waals surface area contributed by atoms with Crippen LogP contribution in [0.25, 0.3) is 0 Å². The first-order valence-corrected chi connectivity index (χ1v) is 12.3. The second-order valence-corrected chi connectivity index (χ2v) is 9.45. The zero-order chi connectivity index (χ0) is 22.1. The van der Waals surface area contributed by atoms with Crippen molar-refractivity contribution in [3.05, 3.63) is 29.3 Å². The van der Waals surface area contributed by atoms with Crippen LogP contribution in [0.4, 0.5) is 8.78 Å². The van der Waals surface area contributed by atoms with Crippen molar-refractivity contribution in [3.8, 4) is 5.75 Å². The molecule has 0 unspecified atom stereocenters. The first-order valence-electron chi connectivity index (χ1n) is 12.3. The average molecular weight is 439 g/mol. The number of hydrogen-bond donors (Lipinski definition) is 0. The third-order valence-electron chi connectivity index (χ3n) is 7.43. The molecule has 2 saturated carbocycles. The Morgan fingerprint density at radius 1 is 0.839 bits per heavy atom. The lowest BCUT2D eigenvalue weighted by Crippen LogP contribution is -2.25. The van der Waals surface area contributed by atoms with Crippen LogP contribution >= 0.6 is 0 Å². The summed E-state index contributed by atoms with van der Waals surface area (Å²) in [5.41, 5.74) is 0.874. The minimum absolute atomic E-state index is 0.00158. The molecular formula is C26H40F2O3. The van der Waals surface area contributed by atoms with Crippen LogP contribution in [-0.4, -0.2) is 33.5 Å². The number of ether oxygens (including phenoxy) is 3. The van der Waals surface area contributed by atoms with E-state index in [0.29, 0.717) is 25.7 Å². The molecule has 3 rings (SSSR count).